The van der Waals surface area contributed by atoms with Crippen molar-refractivity contribution in [1.29, 1.82) is 0 Å². The van der Waals surface area contributed by atoms with Gasteiger partial charge in [-0.2, -0.15) is 0 Å². The minimum Gasteiger partial charge on any atom is -0.455 e. The summed E-state index contributed by atoms with van der Waals surface area (Å²) in [5.41, 5.74) is -0.764. The van der Waals surface area contributed by atoms with E-state index in [-0.39, 0.29) is 41.9 Å². The number of fused-ring (bicyclic) bond motifs is 5. The van der Waals surface area contributed by atoms with Crippen LogP contribution in [0.3, 0.4) is 0 Å². The number of rotatable bonds is 13. The molecule has 8 rings (SSSR count). The quantitative estimate of drug-likeness (QED) is 0.0543. The Hall–Kier alpha value is -7.41. The summed E-state index contributed by atoms with van der Waals surface area (Å²) in [7, 11) is 0. The van der Waals surface area contributed by atoms with Gasteiger partial charge in [0.05, 0.1) is 29.6 Å². The molecule has 4 aromatic rings. The number of nitrogen functional groups attached to an aromatic ring is 1. The van der Waals surface area contributed by atoms with Crippen molar-refractivity contribution in [2.24, 2.45) is 16.7 Å². The summed E-state index contributed by atoms with van der Waals surface area (Å²) in [5, 5.41) is 29.0. The second-order valence-corrected chi connectivity index (χ2v) is 19.7. The lowest BCUT2D eigenvalue weighted by Crippen LogP contribution is -2.82. The summed E-state index contributed by atoms with van der Waals surface area (Å²) in [5.74, 6) is -7.16. The third-order valence-corrected chi connectivity index (χ3v) is 15.0. The van der Waals surface area contributed by atoms with Gasteiger partial charge in [0.2, 0.25) is 6.10 Å². The van der Waals surface area contributed by atoms with Crippen LogP contribution >= 0.6 is 0 Å². The van der Waals surface area contributed by atoms with Gasteiger partial charge >= 0.3 is 30.0 Å². The van der Waals surface area contributed by atoms with Crippen molar-refractivity contribution in [3.05, 3.63) is 149 Å². The van der Waals surface area contributed by atoms with Crippen molar-refractivity contribution in [3.8, 4) is 0 Å². The first kappa shape index (κ1) is 51.9. The summed E-state index contributed by atoms with van der Waals surface area (Å²) >= 11 is 0. The van der Waals surface area contributed by atoms with Gasteiger partial charge in [-0.25, -0.2) is 14.4 Å². The molecule has 18 nitrogen and oxygen atoms in total. The lowest BCUT2D eigenvalue weighted by molar-refractivity contribution is -0.346. The maximum atomic E-state index is 15.7. The molecule has 1 amide bonds. The van der Waals surface area contributed by atoms with Gasteiger partial charge in [-0.05, 0) is 72.5 Å². The number of aliphatic hydroxyl groups is 2. The molecule has 2 saturated carbocycles. The zero-order chi connectivity index (χ0) is 52.6. The van der Waals surface area contributed by atoms with Crippen molar-refractivity contribution < 1.29 is 76.9 Å². The highest BCUT2D eigenvalue weighted by molar-refractivity contribution is 5.96. The van der Waals surface area contributed by atoms with Crippen LogP contribution < -0.4 is 11.1 Å². The Morgan fingerprint density at radius 1 is 0.808 bits per heavy atom. The summed E-state index contributed by atoms with van der Waals surface area (Å²) in [4.78, 5) is 99.6. The predicted molar refractivity (Wildman–Crippen MR) is 258 cm³/mol. The van der Waals surface area contributed by atoms with E-state index in [2.05, 4.69) is 5.32 Å². The van der Waals surface area contributed by atoms with Gasteiger partial charge in [-0.1, -0.05) is 92.7 Å². The number of Topliss-reactive ketones (excluding diaryl/α,β-unsaturated/α-hetero) is 1. The average Bonchev–Trinajstić information content (AvgIpc) is 3.36. The SMILES string of the molecule is CC(=O)O[C@H]1C(=O)[C@@]2(C)C([C@H](OC(=O)c3ccccc3)[C@]3(O)C[C@H](OC(=O)[C@H](OC(=O)OCc4ccc(N)cc4)[C@@H](NC(=O)c4ccccc4)c4ccccc4)C(C)=C1C3(C)C)[C@]1(OC(C)=O)CO[C@@H]1C[C@@H]2O. The van der Waals surface area contributed by atoms with E-state index in [1.807, 2.05) is 0 Å². The number of benzene rings is 4. The summed E-state index contributed by atoms with van der Waals surface area (Å²) in [6.07, 6.45) is -12.3. The Balaban J connectivity index is 1.28. The standard InChI is InChI=1S/C55H58N2O16/c1-30-38(70-50(64)44(71-51(65)67-28-33-22-24-37(56)25-23-33)42(34-16-10-7-11-17-34)57-48(62)35-18-12-8-13-19-35)27-55(66)47(72-49(63)36-20-14-9-15-21-36)45-53(6,39(60)26-40-54(45,29-68-40)73-32(3)59)46(61)43(69-31(2)58)41(30)52(55,4)5/h7-25,38-40,42-45,47,60,66H,26-29,56H2,1-6H3,(H,57,62)/t38-,39-,40+,42-,43+,44+,45?,47-,53+,54-,55+/m0/s1. The van der Waals surface area contributed by atoms with Crippen LogP contribution in [0, 0.1) is 16.7 Å². The number of carbonyl (C=O) groups excluding carboxylic acids is 7. The van der Waals surface area contributed by atoms with Gasteiger partial charge in [0.15, 0.2) is 17.5 Å². The molecule has 11 atom stereocenters. The van der Waals surface area contributed by atoms with E-state index in [1.54, 1.807) is 117 Å². The third kappa shape index (κ3) is 9.57. The van der Waals surface area contributed by atoms with E-state index in [0.29, 0.717) is 16.8 Å². The number of ketones is 1. The van der Waals surface area contributed by atoms with Gasteiger partial charge in [0.1, 0.15) is 36.6 Å². The van der Waals surface area contributed by atoms with E-state index in [4.69, 9.17) is 38.9 Å². The van der Waals surface area contributed by atoms with Gasteiger partial charge < -0.3 is 54.4 Å². The molecule has 3 fully saturated rings. The Morgan fingerprint density at radius 2 is 1.41 bits per heavy atom. The molecule has 73 heavy (non-hydrogen) atoms. The number of esters is 4. The van der Waals surface area contributed by atoms with Gasteiger partial charge in [0.25, 0.3) is 5.91 Å². The Kier molecular flexibility index (Phi) is 14.4. The largest absolute Gasteiger partial charge is 0.509 e. The van der Waals surface area contributed by atoms with Gasteiger partial charge in [-0.15, -0.1) is 0 Å². The first-order chi connectivity index (χ1) is 34.6. The first-order valence-electron chi connectivity index (χ1n) is 23.8. The first-order valence-corrected chi connectivity index (χ1v) is 23.8. The second-order valence-electron chi connectivity index (χ2n) is 19.7. The van der Waals surface area contributed by atoms with Crippen molar-refractivity contribution in [1.82, 2.24) is 5.32 Å². The fraction of sp³-hybridized carbons (Fsp3) is 0.400. The molecule has 3 aliphatic carbocycles. The smallest absolute Gasteiger partial charge is 0.455 e. The van der Waals surface area contributed by atoms with Crippen LogP contribution in [0.2, 0.25) is 0 Å². The van der Waals surface area contributed by atoms with Crippen LogP contribution in [-0.4, -0.2) is 106 Å². The fourth-order valence-electron chi connectivity index (χ4n) is 11.2. The molecule has 5 N–H and O–H groups in total. The zero-order valence-electron chi connectivity index (χ0n) is 41.1. The van der Waals surface area contributed by atoms with Gasteiger partial charge in [-0.3, -0.25) is 19.2 Å². The van der Waals surface area contributed by atoms with Crippen LogP contribution in [0.15, 0.2) is 126 Å². The number of hydrogen-bond acceptors (Lipinski definition) is 17. The number of amides is 1. The molecule has 18 heteroatoms. The molecule has 1 unspecified atom stereocenters. The van der Waals surface area contributed by atoms with Crippen LogP contribution in [-0.2, 0) is 58.9 Å². The summed E-state index contributed by atoms with van der Waals surface area (Å²) in [6.45, 7) is 7.51. The number of hydrogen-bond donors (Lipinski definition) is 4. The van der Waals surface area contributed by atoms with Gasteiger partial charge in [0, 0.05) is 43.4 Å². The number of ether oxygens (including phenoxy) is 7. The van der Waals surface area contributed by atoms with Crippen LogP contribution in [0.5, 0.6) is 0 Å². The highest BCUT2D eigenvalue weighted by Crippen LogP contribution is 2.64. The molecule has 2 bridgehead atoms. The number of nitrogens with one attached hydrogen (secondary N) is 1. The average molecular weight is 1000 g/mol. The zero-order valence-corrected chi connectivity index (χ0v) is 41.1. The van der Waals surface area contributed by atoms with E-state index < -0.39 is 119 Å². The van der Waals surface area contributed by atoms with E-state index in [9.17, 15) is 34.2 Å². The van der Waals surface area contributed by atoms with Crippen LogP contribution in [0.4, 0.5) is 10.5 Å². The normalized spacial score (nSPS) is 28.6. The van der Waals surface area contributed by atoms with Crippen LogP contribution in [0.25, 0.3) is 0 Å². The van der Waals surface area contributed by atoms with Crippen LogP contribution in [0.1, 0.15) is 92.3 Å². The minimum atomic E-state index is -2.48. The lowest BCUT2D eigenvalue weighted by atomic mass is 9.44. The molecular formula is C55H58N2O16. The second kappa shape index (κ2) is 20.2. The molecule has 0 aromatic heterocycles. The molecule has 1 aliphatic heterocycles. The number of nitrogens with two attached hydrogens (primary N) is 1. The highest BCUT2D eigenvalue weighted by Gasteiger charge is 2.78. The summed E-state index contributed by atoms with van der Waals surface area (Å²) in [6, 6.07) is 29.0. The maximum Gasteiger partial charge on any atom is 0.509 e. The molecule has 4 aliphatic rings. The monoisotopic (exact) mass is 1000 g/mol. The minimum absolute atomic E-state index is 0.0367. The topological polar surface area (TPSA) is 263 Å². The lowest BCUT2D eigenvalue weighted by Gasteiger charge is -2.67. The molecular weight excluding hydrogens is 945 g/mol. The summed E-state index contributed by atoms with van der Waals surface area (Å²) < 4.78 is 42.1. The van der Waals surface area contributed by atoms with Crippen molar-refractivity contribution in [2.45, 2.75) is 115 Å². The molecule has 384 valence electrons. The molecule has 0 spiro atoms. The van der Waals surface area contributed by atoms with E-state index in [1.165, 1.54) is 26.0 Å². The molecule has 0 radical (unpaired) electrons. The van der Waals surface area contributed by atoms with E-state index in [0.717, 1.165) is 13.8 Å². The Morgan fingerprint density at radius 3 is 1.99 bits per heavy atom. The predicted octanol–water partition coefficient (Wildman–Crippen LogP) is 5.68. The van der Waals surface area contributed by atoms with Crippen molar-refractivity contribution in [2.75, 3.05) is 12.3 Å². The third-order valence-electron chi connectivity index (χ3n) is 15.0. The fourth-order valence-corrected chi connectivity index (χ4v) is 11.2. The maximum absolute atomic E-state index is 15.7. The van der Waals surface area contributed by atoms with Crippen molar-refractivity contribution in [3.63, 3.8) is 0 Å². The highest BCUT2D eigenvalue weighted by atomic mass is 16.7. The Labute approximate surface area is 421 Å². The number of aliphatic hydroxyl groups excluding tert-OH is 1. The molecule has 1 heterocycles. The number of anilines is 1. The van der Waals surface area contributed by atoms with E-state index >= 15 is 9.59 Å². The molecule has 1 saturated heterocycles. The molecule has 4 aromatic carbocycles. The Bertz CT molecular complexity index is 2800. The van der Waals surface area contributed by atoms with Crippen molar-refractivity contribution >= 4 is 47.4 Å². The number of carbonyl (C=O) groups is 7.